The summed E-state index contributed by atoms with van der Waals surface area (Å²) in [6.45, 7) is 6.64. The quantitative estimate of drug-likeness (QED) is 0.665. The SMILES string of the molecule is Cc1cc(Br)c(F)cc1NC(N)=NCC(C)C. The van der Waals surface area contributed by atoms with E-state index in [1.165, 1.54) is 6.07 Å². The second-order valence-electron chi connectivity index (χ2n) is 4.33. The molecular formula is C12H17BrFN3. The van der Waals surface area contributed by atoms with E-state index in [9.17, 15) is 4.39 Å². The monoisotopic (exact) mass is 301 g/mol. The first-order valence-corrected chi connectivity index (χ1v) is 6.22. The Hall–Kier alpha value is -1.10. The van der Waals surface area contributed by atoms with E-state index in [0.717, 1.165) is 5.56 Å². The maximum atomic E-state index is 13.4. The van der Waals surface area contributed by atoms with E-state index < -0.39 is 0 Å². The van der Waals surface area contributed by atoms with E-state index >= 15 is 0 Å². The number of benzene rings is 1. The van der Waals surface area contributed by atoms with Gasteiger partial charge in [-0.1, -0.05) is 13.8 Å². The first-order valence-electron chi connectivity index (χ1n) is 5.42. The second kappa shape index (κ2) is 6.00. The molecule has 0 fully saturated rings. The number of guanidine groups is 1. The van der Waals surface area contributed by atoms with Crippen molar-refractivity contribution in [2.24, 2.45) is 16.6 Å². The Balaban J connectivity index is 2.81. The molecule has 0 heterocycles. The van der Waals surface area contributed by atoms with Crippen LogP contribution in [-0.2, 0) is 0 Å². The highest BCUT2D eigenvalue weighted by atomic mass is 79.9. The van der Waals surface area contributed by atoms with E-state index in [1.807, 2.05) is 6.92 Å². The summed E-state index contributed by atoms with van der Waals surface area (Å²) < 4.78 is 13.8. The summed E-state index contributed by atoms with van der Waals surface area (Å²) in [5.74, 6) is 0.427. The van der Waals surface area contributed by atoms with Crippen molar-refractivity contribution in [3.63, 3.8) is 0 Å². The van der Waals surface area contributed by atoms with Crippen LogP contribution in [0.15, 0.2) is 21.6 Å². The summed E-state index contributed by atoms with van der Waals surface area (Å²) >= 11 is 3.13. The molecule has 0 bridgehead atoms. The second-order valence-corrected chi connectivity index (χ2v) is 5.18. The van der Waals surface area contributed by atoms with Crippen molar-refractivity contribution in [2.75, 3.05) is 11.9 Å². The normalized spacial score (nSPS) is 12.0. The van der Waals surface area contributed by atoms with E-state index in [1.54, 1.807) is 6.07 Å². The van der Waals surface area contributed by atoms with Gasteiger partial charge in [0.05, 0.1) is 4.47 Å². The van der Waals surface area contributed by atoms with Crippen LogP contribution >= 0.6 is 15.9 Å². The van der Waals surface area contributed by atoms with Gasteiger partial charge in [-0.05, 0) is 46.5 Å². The average Bonchev–Trinajstić information content (AvgIpc) is 2.23. The Kier molecular flexibility index (Phi) is 4.93. The number of hydrogen-bond donors (Lipinski definition) is 2. The number of rotatable bonds is 3. The van der Waals surface area contributed by atoms with Crippen LogP contribution in [0.3, 0.4) is 0 Å². The van der Waals surface area contributed by atoms with Crippen molar-refractivity contribution < 1.29 is 4.39 Å². The number of halogens is 2. The van der Waals surface area contributed by atoms with Gasteiger partial charge in [-0.15, -0.1) is 0 Å². The van der Waals surface area contributed by atoms with Crippen LogP contribution in [0.25, 0.3) is 0 Å². The number of aryl methyl sites for hydroxylation is 1. The number of hydrogen-bond acceptors (Lipinski definition) is 1. The fourth-order valence-electron chi connectivity index (χ4n) is 1.24. The van der Waals surface area contributed by atoms with Crippen LogP contribution < -0.4 is 11.1 Å². The zero-order valence-corrected chi connectivity index (χ0v) is 11.8. The fraction of sp³-hybridized carbons (Fsp3) is 0.417. The minimum atomic E-state index is -0.324. The molecule has 0 saturated heterocycles. The van der Waals surface area contributed by atoms with Crippen LogP contribution in [0.2, 0.25) is 0 Å². The highest BCUT2D eigenvalue weighted by molar-refractivity contribution is 9.10. The van der Waals surface area contributed by atoms with Crippen LogP contribution in [0, 0.1) is 18.7 Å². The molecule has 0 radical (unpaired) electrons. The maximum Gasteiger partial charge on any atom is 0.193 e. The van der Waals surface area contributed by atoms with Gasteiger partial charge in [-0.25, -0.2) is 4.39 Å². The zero-order valence-electron chi connectivity index (χ0n) is 10.2. The lowest BCUT2D eigenvalue weighted by Crippen LogP contribution is -2.24. The van der Waals surface area contributed by atoms with Crippen LogP contribution in [0.1, 0.15) is 19.4 Å². The molecule has 3 N–H and O–H groups in total. The zero-order chi connectivity index (χ0) is 13.0. The molecule has 17 heavy (non-hydrogen) atoms. The third kappa shape index (κ3) is 4.34. The van der Waals surface area contributed by atoms with Crippen molar-refractivity contribution in [1.82, 2.24) is 0 Å². The number of nitrogens with one attached hydrogen (secondary N) is 1. The van der Waals surface area contributed by atoms with E-state index in [4.69, 9.17) is 5.73 Å². The maximum absolute atomic E-state index is 13.4. The van der Waals surface area contributed by atoms with Crippen LogP contribution in [0.4, 0.5) is 10.1 Å². The summed E-state index contributed by atoms with van der Waals surface area (Å²) in [4.78, 5) is 4.16. The molecule has 0 aliphatic heterocycles. The number of nitrogens with two attached hydrogens (primary N) is 1. The minimum absolute atomic E-state index is 0.309. The number of anilines is 1. The fourth-order valence-corrected chi connectivity index (χ4v) is 1.70. The Morgan fingerprint density at radius 2 is 2.18 bits per heavy atom. The molecule has 3 nitrogen and oxygen atoms in total. The van der Waals surface area contributed by atoms with Crippen molar-refractivity contribution in [2.45, 2.75) is 20.8 Å². The molecule has 0 amide bonds. The average molecular weight is 302 g/mol. The van der Waals surface area contributed by atoms with Gasteiger partial charge in [-0.3, -0.25) is 4.99 Å². The molecule has 0 aliphatic rings. The lowest BCUT2D eigenvalue weighted by atomic mass is 10.2. The third-order valence-electron chi connectivity index (χ3n) is 2.16. The number of aliphatic imine (C=N–C) groups is 1. The molecule has 94 valence electrons. The lowest BCUT2D eigenvalue weighted by Gasteiger charge is -2.10. The predicted molar refractivity (Wildman–Crippen MR) is 73.8 cm³/mol. The van der Waals surface area contributed by atoms with Gasteiger partial charge < -0.3 is 11.1 Å². The van der Waals surface area contributed by atoms with Gasteiger partial charge in [0.1, 0.15) is 5.82 Å². The minimum Gasteiger partial charge on any atom is -0.370 e. The smallest absolute Gasteiger partial charge is 0.193 e. The molecule has 1 rings (SSSR count). The van der Waals surface area contributed by atoms with Gasteiger partial charge in [0, 0.05) is 12.2 Å². The van der Waals surface area contributed by atoms with E-state index in [2.05, 4.69) is 40.1 Å². The Labute approximate surface area is 109 Å². The van der Waals surface area contributed by atoms with Crippen LogP contribution in [0.5, 0.6) is 0 Å². The van der Waals surface area contributed by atoms with E-state index in [-0.39, 0.29) is 5.82 Å². The molecule has 1 aromatic rings. The van der Waals surface area contributed by atoms with Gasteiger partial charge >= 0.3 is 0 Å². The predicted octanol–water partition coefficient (Wildman–Crippen LogP) is 3.28. The van der Waals surface area contributed by atoms with Gasteiger partial charge in [0.25, 0.3) is 0 Å². The lowest BCUT2D eigenvalue weighted by molar-refractivity contribution is 0.621. The number of nitrogens with zero attached hydrogens (tertiary/aromatic N) is 1. The molecule has 0 aliphatic carbocycles. The van der Waals surface area contributed by atoms with Crippen molar-refractivity contribution in [3.8, 4) is 0 Å². The first kappa shape index (κ1) is 14.0. The van der Waals surface area contributed by atoms with Crippen molar-refractivity contribution >= 4 is 27.6 Å². The summed E-state index contributed by atoms with van der Waals surface area (Å²) in [7, 11) is 0. The largest absolute Gasteiger partial charge is 0.370 e. The molecule has 1 aromatic carbocycles. The molecule has 0 unspecified atom stereocenters. The standard InChI is InChI=1S/C12H17BrFN3/c1-7(2)6-16-12(15)17-11-5-10(14)9(13)4-8(11)3/h4-5,7H,6H2,1-3H3,(H3,15,16,17). The summed E-state index contributed by atoms with van der Waals surface area (Å²) in [5.41, 5.74) is 7.25. The highest BCUT2D eigenvalue weighted by Crippen LogP contribution is 2.23. The Bertz CT molecular complexity index is 430. The molecule has 0 saturated carbocycles. The molecule has 0 atom stereocenters. The van der Waals surface area contributed by atoms with Gasteiger partial charge in [-0.2, -0.15) is 0 Å². The molecule has 0 spiro atoms. The Morgan fingerprint density at radius 3 is 2.76 bits per heavy atom. The first-order chi connectivity index (χ1) is 7.90. The summed E-state index contributed by atoms with van der Waals surface area (Å²) in [6, 6.07) is 3.10. The van der Waals surface area contributed by atoms with Gasteiger partial charge in [0.2, 0.25) is 0 Å². The van der Waals surface area contributed by atoms with Crippen LogP contribution in [-0.4, -0.2) is 12.5 Å². The van der Waals surface area contributed by atoms with Gasteiger partial charge in [0.15, 0.2) is 5.96 Å². The molecule has 0 aromatic heterocycles. The third-order valence-corrected chi connectivity index (χ3v) is 2.76. The summed E-state index contributed by atoms with van der Waals surface area (Å²) in [5, 5.41) is 2.90. The summed E-state index contributed by atoms with van der Waals surface area (Å²) in [6.07, 6.45) is 0. The van der Waals surface area contributed by atoms with Crippen molar-refractivity contribution in [3.05, 3.63) is 28.0 Å². The highest BCUT2D eigenvalue weighted by Gasteiger charge is 2.06. The molecule has 5 heteroatoms. The van der Waals surface area contributed by atoms with Crippen molar-refractivity contribution in [1.29, 1.82) is 0 Å². The van der Waals surface area contributed by atoms with E-state index in [0.29, 0.717) is 28.6 Å². The topological polar surface area (TPSA) is 50.4 Å². The molecular weight excluding hydrogens is 285 g/mol. The Morgan fingerprint density at radius 1 is 1.53 bits per heavy atom.